The number of para-hydroxylation sites is 1. The molecular weight excluding hydrogens is 228 g/mol. The summed E-state index contributed by atoms with van der Waals surface area (Å²) >= 11 is 0. The molecule has 0 bridgehead atoms. The van der Waals surface area contributed by atoms with Gasteiger partial charge in [0.1, 0.15) is 30.3 Å². The number of nitrogens with two attached hydrogens (primary N) is 1. The van der Waals surface area contributed by atoms with Crippen LogP contribution in [0, 0.1) is 0 Å². The minimum absolute atomic E-state index is 0.485. The third kappa shape index (κ3) is 2.07. The van der Waals surface area contributed by atoms with Gasteiger partial charge in [0.25, 0.3) is 0 Å². The van der Waals surface area contributed by atoms with Crippen molar-refractivity contribution in [2.45, 2.75) is 6.54 Å². The molecule has 0 unspecified atom stereocenters. The minimum Gasteiger partial charge on any atom is -0.491 e. The molecule has 0 radical (unpaired) electrons. The van der Waals surface area contributed by atoms with Crippen molar-refractivity contribution >= 4 is 11.6 Å². The lowest BCUT2D eigenvalue weighted by molar-refractivity contribution is 0.331. The minimum atomic E-state index is 0.485. The van der Waals surface area contributed by atoms with Gasteiger partial charge in [0.15, 0.2) is 0 Å². The molecule has 0 fully saturated rings. The monoisotopic (exact) mass is 242 g/mol. The summed E-state index contributed by atoms with van der Waals surface area (Å²) < 4.78 is 5.71. The number of fused-ring (bicyclic) bond motifs is 1. The summed E-state index contributed by atoms with van der Waals surface area (Å²) in [5.41, 5.74) is 6.85. The van der Waals surface area contributed by atoms with E-state index in [0.717, 1.165) is 30.2 Å². The van der Waals surface area contributed by atoms with Crippen LogP contribution in [0.2, 0.25) is 0 Å². The van der Waals surface area contributed by atoms with Crippen LogP contribution in [0.25, 0.3) is 0 Å². The molecule has 0 saturated heterocycles. The lowest BCUT2D eigenvalue weighted by Crippen LogP contribution is -2.26. The van der Waals surface area contributed by atoms with Gasteiger partial charge >= 0.3 is 0 Å². The van der Waals surface area contributed by atoms with Crippen LogP contribution in [-0.2, 0) is 6.54 Å². The molecule has 0 atom stereocenters. The van der Waals surface area contributed by atoms with Gasteiger partial charge in [0, 0.05) is 18.2 Å². The lowest BCUT2D eigenvalue weighted by Gasteiger charge is -2.20. The second-order valence-electron chi connectivity index (χ2n) is 4.18. The number of ether oxygens (including phenoxy) is 1. The van der Waals surface area contributed by atoms with Gasteiger partial charge in [0.2, 0.25) is 0 Å². The van der Waals surface area contributed by atoms with Crippen molar-refractivity contribution in [2.75, 3.05) is 23.8 Å². The maximum absolute atomic E-state index is 5.71. The largest absolute Gasteiger partial charge is 0.491 e. The number of hydrogen-bond donors (Lipinski definition) is 1. The molecule has 1 aliphatic heterocycles. The van der Waals surface area contributed by atoms with E-state index >= 15 is 0 Å². The summed E-state index contributed by atoms with van der Waals surface area (Å²) in [5, 5.41) is 0. The highest BCUT2D eigenvalue weighted by Crippen LogP contribution is 2.25. The Morgan fingerprint density at radius 3 is 3.00 bits per heavy atom. The third-order valence-corrected chi connectivity index (χ3v) is 2.95. The van der Waals surface area contributed by atoms with Crippen LogP contribution in [0.15, 0.2) is 36.7 Å². The van der Waals surface area contributed by atoms with E-state index in [4.69, 9.17) is 10.5 Å². The molecule has 0 spiro atoms. The van der Waals surface area contributed by atoms with Gasteiger partial charge < -0.3 is 15.4 Å². The van der Waals surface area contributed by atoms with E-state index < -0.39 is 0 Å². The van der Waals surface area contributed by atoms with Crippen LogP contribution in [0.3, 0.4) is 0 Å². The molecule has 2 aromatic rings. The predicted molar refractivity (Wildman–Crippen MR) is 69.4 cm³/mol. The number of anilines is 2. The fraction of sp³-hybridized carbons (Fsp3) is 0.231. The van der Waals surface area contributed by atoms with Gasteiger partial charge in [0.05, 0.1) is 6.54 Å². The van der Waals surface area contributed by atoms with E-state index in [0.29, 0.717) is 12.4 Å². The number of rotatable bonds is 1. The van der Waals surface area contributed by atoms with Crippen molar-refractivity contribution in [3.63, 3.8) is 0 Å². The molecule has 5 nitrogen and oxygen atoms in total. The Morgan fingerprint density at radius 1 is 1.22 bits per heavy atom. The van der Waals surface area contributed by atoms with Crippen molar-refractivity contribution in [1.82, 2.24) is 9.97 Å². The van der Waals surface area contributed by atoms with E-state index in [-0.39, 0.29) is 0 Å². The lowest BCUT2D eigenvalue weighted by atomic mass is 10.2. The third-order valence-electron chi connectivity index (χ3n) is 2.95. The molecule has 5 heteroatoms. The Hall–Kier alpha value is -2.30. The first-order chi connectivity index (χ1) is 8.83. The first-order valence-corrected chi connectivity index (χ1v) is 5.86. The molecule has 0 saturated carbocycles. The second kappa shape index (κ2) is 4.52. The number of nitrogen functional groups attached to an aromatic ring is 1. The number of nitrogens with zero attached hydrogens (tertiary/aromatic N) is 3. The molecule has 3 rings (SSSR count). The van der Waals surface area contributed by atoms with Gasteiger partial charge in [-0.3, -0.25) is 0 Å². The Morgan fingerprint density at radius 2 is 2.11 bits per heavy atom. The van der Waals surface area contributed by atoms with Crippen LogP contribution < -0.4 is 15.4 Å². The summed E-state index contributed by atoms with van der Waals surface area (Å²) in [4.78, 5) is 10.3. The Labute approximate surface area is 105 Å². The average Bonchev–Trinajstić information content (AvgIpc) is 2.60. The van der Waals surface area contributed by atoms with E-state index in [2.05, 4.69) is 20.9 Å². The highest BCUT2D eigenvalue weighted by Gasteiger charge is 2.16. The SMILES string of the molecule is Nc1cc(N2CCOc3ccccc3C2)ncn1. The Kier molecular flexibility index (Phi) is 2.72. The van der Waals surface area contributed by atoms with Gasteiger partial charge in [-0.2, -0.15) is 0 Å². The summed E-state index contributed by atoms with van der Waals surface area (Å²) in [6.07, 6.45) is 1.49. The van der Waals surface area contributed by atoms with Crippen LogP contribution in [0.5, 0.6) is 5.75 Å². The first-order valence-electron chi connectivity index (χ1n) is 5.86. The zero-order valence-electron chi connectivity index (χ0n) is 9.91. The molecule has 2 N–H and O–H groups in total. The normalized spacial score (nSPS) is 14.6. The summed E-state index contributed by atoms with van der Waals surface area (Å²) in [6, 6.07) is 9.84. The van der Waals surface area contributed by atoms with Gasteiger partial charge in [-0.1, -0.05) is 18.2 Å². The summed E-state index contributed by atoms with van der Waals surface area (Å²) in [7, 11) is 0. The smallest absolute Gasteiger partial charge is 0.134 e. The maximum Gasteiger partial charge on any atom is 0.134 e. The summed E-state index contributed by atoms with van der Waals surface area (Å²) in [5.74, 6) is 2.27. The van der Waals surface area contributed by atoms with Crippen molar-refractivity contribution in [3.05, 3.63) is 42.2 Å². The van der Waals surface area contributed by atoms with Crippen LogP contribution in [0.1, 0.15) is 5.56 Å². The van der Waals surface area contributed by atoms with Crippen molar-refractivity contribution in [3.8, 4) is 5.75 Å². The highest BCUT2D eigenvalue weighted by molar-refractivity contribution is 5.48. The second-order valence-corrected chi connectivity index (χ2v) is 4.18. The molecule has 1 aromatic heterocycles. The number of hydrogen-bond acceptors (Lipinski definition) is 5. The van der Waals surface area contributed by atoms with Gasteiger partial charge in [-0.25, -0.2) is 9.97 Å². The first kappa shape index (κ1) is 10.8. The molecular formula is C13H14N4O. The predicted octanol–water partition coefficient (Wildman–Crippen LogP) is 1.46. The molecule has 1 aromatic carbocycles. The average molecular weight is 242 g/mol. The molecule has 0 aliphatic carbocycles. The zero-order chi connectivity index (χ0) is 12.4. The molecule has 0 amide bonds. The quantitative estimate of drug-likeness (QED) is 0.820. The Balaban J connectivity index is 1.91. The summed E-state index contributed by atoms with van der Waals surface area (Å²) in [6.45, 7) is 2.19. The standard InChI is InChI=1S/C13H14N4O/c14-12-7-13(16-9-15-12)17-5-6-18-11-4-2-1-3-10(11)8-17/h1-4,7,9H,5-6,8H2,(H2,14,15,16). The molecule has 2 heterocycles. The number of benzene rings is 1. The maximum atomic E-state index is 5.71. The van der Waals surface area contributed by atoms with Gasteiger partial charge in [-0.15, -0.1) is 0 Å². The van der Waals surface area contributed by atoms with Crippen LogP contribution >= 0.6 is 0 Å². The topological polar surface area (TPSA) is 64.3 Å². The Bertz CT molecular complexity index is 558. The van der Waals surface area contributed by atoms with Crippen LogP contribution in [0.4, 0.5) is 11.6 Å². The fourth-order valence-corrected chi connectivity index (χ4v) is 2.06. The highest BCUT2D eigenvalue weighted by atomic mass is 16.5. The van der Waals surface area contributed by atoms with Gasteiger partial charge in [-0.05, 0) is 6.07 Å². The number of aromatic nitrogens is 2. The van der Waals surface area contributed by atoms with E-state index in [9.17, 15) is 0 Å². The van der Waals surface area contributed by atoms with Crippen molar-refractivity contribution in [1.29, 1.82) is 0 Å². The van der Waals surface area contributed by atoms with E-state index in [1.165, 1.54) is 6.33 Å². The van der Waals surface area contributed by atoms with Crippen LogP contribution in [-0.4, -0.2) is 23.1 Å². The zero-order valence-corrected chi connectivity index (χ0v) is 9.91. The van der Waals surface area contributed by atoms with Crippen molar-refractivity contribution < 1.29 is 4.74 Å². The molecule has 18 heavy (non-hydrogen) atoms. The molecule has 92 valence electrons. The van der Waals surface area contributed by atoms with Crippen molar-refractivity contribution in [2.24, 2.45) is 0 Å². The molecule has 1 aliphatic rings. The van der Waals surface area contributed by atoms with E-state index in [1.54, 1.807) is 6.07 Å². The van der Waals surface area contributed by atoms with E-state index in [1.807, 2.05) is 18.2 Å². The fourth-order valence-electron chi connectivity index (χ4n) is 2.06.